The van der Waals surface area contributed by atoms with E-state index in [1.54, 1.807) is 12.1 Å². The molecule has 0 saturated heterocycles. The maximum atomic E-state index is 14.7. The van der Waals surface area contributed by atoms with E-state index in [1.807, 2.05) is 6.92 Å². The second-order valence-corrected chi connectivity index (χ2v) is 5.52. The molecule has 0 unspecified atom stereocenters. The summed E-state index contributed by atoms with van der Waals surface area (Å²) in [7, 11) is 0. The fourth-order valence-corrected chi connectivity index (χ4v) is 2.34. The first-order valence-corrected chi connectivity index (χ1v) is 7.92. The van der Waals surface area contributed by atoms with Crippen molar-refractivity contribution >= 4 is 22.9 Å². The molecule has 2 heterocycles. The summed E-state index contributed by atoms with van der Waals surface area (Å²) in [6.07, 6.45) is 2.95. The Morgan fingerprint density at radius 2 is 2.23 bits per heavy atom. The number of halogens is 1. The number of fused-ring (bicyclic) bond motifs is 1. The molecule has 136 valence electrons. The van der Waals surface area contributed by atoms with Crippen molar-refractivity contribution in [3.63, 3.8) is 0 Å². The van der Waals surface area contributed by atoms with Crippen LogP contribution in [0.15, 0.2) is 29.7 Å². The van der Waals surface area contributed by atoms with Crippen molar-refractivity contribution in [3.8, 4) is 11.6 Å². The van der Waals surface area contributed by atoms with E-state index in [2.05, 4.69) is 20.1 Å². The minimum atomic E-state index is -0.508. The van der Waals surface area contributed by atoms with Crippen LogP contribution < -0.4 is 10.5 Å². The Morgan fingerprint density at radius 1 is 1.38 bits per heavy atom. The SMILES string of the molecule is Cc1cc2c(F)c(Oc3ncnc(N)c3/C=N/OCCCO)ccc2[nH]1. The van der Waals surface area contributed by atoms with Crippen molar-refractivity contribution in [1.29, 1.82) is 0 Å². The quantitative estimate of drug-likeness (QED) is 0.339. The molecule has 0 aliphatic rings. The normalized spacial score (nSPS) is 11.3. The number of aliphatic hydroxyl groups excluding tert-OH is 1. The first-order chi connectivity index (χ1) is 12.6. The van der Waals surface area contributed by atoms with Gasteiger partial charge in [0.25, 0.3) is 0 Å². The van der Waals surface area contributed by atoms with Crippen molar-refractivity contribution in [2.45, 2.75) is 13.3 Å². The van der Waals surface area contributed by atoms with Crippen LogP contribution in [0.25, 0.3) is 10.9 Å². The van der Waals surface area contributed by atoms with Gasteiger partial charge in [-0.05, 0) is 25.1 Å². The molecule has 0 spiro atoms. The van der Waals surface area contributed by atoms with Crippen molar-refractivity contribution in [2.24, 2.45) is 5.16 Å². The van der Waals surface area contributed by atoms with Gasteiger partial charge in [-0.25, -0.2) is 14.4 Å². The van der Waals surface area contributed by atoms with E-state index in [1.165, 1.54) is 18.6 Å². The molecule has 0 aliphatic heterocycles. The predicted octanol–water partition coefficient (Wildman–Crippen LogP) is 2.51. The molecule has 4 N–H and O–H groups in total. The third-order valence-electron chi connectivity index (χ3n) is 3.57. The van der Waals surface area contributed by atoms with Gasteiger partial charge in [-0.15, -0.1) is 0 Å². The minimum Gasteiger partial charge on any atom is -0.435 e. The fourth-order valence-electron chi connectivity index (χ4n) is 2.34. The molecular formula is C17H18FN5O3. The molecule has 3 aromatic rings. The molecule has 26 heavy (non-hydrogen) atoms. The summed E-state index contributed by atoms with van der Waals surface area (Å²) in [6, 6.07) is 4.92. The fraction of sp³-hybridized carbons (Fsp3) is 0.235. The third-order valence-corrected chi connectivity index (χ3v) is 3.57. The van der Waals surface area contributed by atoms with Gasteiger partial charge in [0.1, 0.15) is 24.3 Å². The van der Waals surface area contributed by atoms with E-state index in [9.17, 15) is 4.39 Å². The van der Waals surface area contributed by atoms with E-state index in [0.717, 1.165) is 5.69 Å². The number of aromatic amines is 1. The van der Waals surface area contributed by atoms with Crippen LogP contribution in [0.2, 0.25) is 0 Å². The average molecular weight is 359 g/mol. The van der Waals surface area contributed by atoms with Crippen LogP contribution in [-0.4, -0.2) is 39.5 Å². The number of hydrogen-bond acceptors (Lipinski definition) is 7. The number of nitrogens with zero attached hydrogens (tertiary/aromatic N) is 3. The van der Waals surface area contributed by atoms with Gasteiger partial charge >= 0.3 is 0 Å². The molecule has 0 bridgehead atoms. The number of ether oxygens (including phenoxy) is 1. The number of benzene rings is 1. The van der Waals surface area contributed by atoms with Gasteiger partial charge in [-0.1, -0.05) is 5.16 Å². The highest BCUT2D eigenvalue weighted by molar-refractivity contribution is 5.88. The van der Waals surface area contributed by atoms with E-state index < -0.39 is 5.82 Å². The minimum absolute atomic E-state index is 0.000845. The second-order valence-electron chi connectivity index (χ2n) is 5.52. The summed E-state index contributed by atoms with van der Waals surface area (Å²) in [6.45, 7) is 2.09. The van der Waals surface area contributed by atoms with Gasteiger partial charge in [0.05, 0.1) is 6.21 Å². The Morgan fingerprint density at radius 3 is 3.04 bits per heavy atom. The molecule has 0 amide bonds. The number of nitrogen functional groups attached to an aromatic ring is 1. The smallest absolute Gasteiger partial charge is 0.233 e. The monoisotopic (exact) mass is 359 g/mol. The molecule has 0 fully saturated rings. The van der Waals surface area contributed by atoms with Gasteiger partial charge in [0.15, 0.2) is 11.6 Å². The number of rotatable bonds is 7. The number of oxime groups is 1. The molecule has 3 rings (SSSR count). The lowest BCUT2D eigenvalue weighted by atomic mass is 10.2. The summed E-state index contributed by atoms with van der Waals surface area (Å²) in [4.78, 5) is 15.9. The molecule has 0 saturated carbocycles. The maximum absolute atomic E-state index is 14.7. The number of aliphatic hydroxyl groups is 1. The largest absolute Gasteiger partial charge is 0.435 e. The Bertz CT molecular complexity index is 942. The molecule has 0 aliphatic carbocycles. The summed E-state index contributed by atoms with van der Waals surface area (Å²) < 4.78 is 20.3. The maximum Gasteiger partial charge on any atom is 0.233 e. The number of nitrogens with one attached hydrogen (secondary N) is 1. The highest BCUT2D eigenvalue weighted by atomic mass is 19.1. The molecular weight excluding hydrogens is 341 g/mol. The molecule has 0 radical (unpaired) electrons. The number of nitrogens with two attached hydrogens (primary N) is 1. The van der Waals surface area contributed by atoms with Crippen LogP contribution in [0.4, 0.5) is 10.2 Å². The van der Waals surface area contributed by atoms with Crippen LogP contribution in [-0.2, 0) is 4.84 Å². The first kappa shape index (κ1) is 17.6. The Hall–Kier alpha value is -3.20. The van der Waals surface area contributed by atoms with Gasteiger partial charge in [0.2, 0.25) is 5.88 Å². The molecule has 9 heteroatoms. The summed E-state index contributed by atoms with van der Waals surface area (Å²) >= 11 is 0. The lowest BCUT2D eigenvalue weighted by Crippen LogP contribution is -2.03. The van der Waals surface area contributed by atoms with Crippen molar-refractivity contribution in [3.05, 3.63) is 41.6 Å². The van der Waals surface area contributed by atoms with Crippen molar-refractivity contribution < 1.29 is 19.1 Å². The Balaban J connectivity index is 1.88. The zero-order valence-corrected chi connectivity index (χ0v) is 14.1. The Kier molecular flexibility index (Phi) is 5.28. The average Bonchev–Trinajstić information content (AvgIpc) is 3.00. The highest BCUT2D eigenvalue weighted by Gasteiger charge is 2.15. The molecule has 8 nitrogen and oxygen atoms in total. The number of anilines is 1. The van der Waals surface area contributed by atoms with Gasteiger partial charge in [-0.2, -0.15) is 0 Å². The van der Waals surface area contributed by atoms with Crippen LogP contribution >= 0.6 is 0 Å². The summed E-state index contributed by atoms with van der Waals surface area (Å²) in [5.41, 5.74) is 7.61. The zero-order valence-electron chi connectivity index (χ0n) is 14.1. The van der Waals surface area contributed by atoms with E-state index in [4.69, 9.17) is 20.4 Å². The zero-order chi connectivity index (χ0) is 18.5. The van der Waals surface area contributed by atoms with Gasteiger partial charge < -0.3 is 25.4 Å². The lowest BCUT2D eigenvalue weighted by molar-refractivity contribution is 0.125. The Labute approximate surface area is 148 Å². The van der Waals surface area contributed by atoms with E-state index in [-0.39, 0.29) is 36.2 Å². The number of H-pyrrole nitrogens is 1. The number of aromatic nitrogens is 3. The predicted molar refractivity (Wildman–Crippen MR) is 94.8 cm³/mol. The van der Waals surface area contributed by atoms with Crippen LogP contribution in [0, 0.1) is 12.7 Å². The van der Waals surface area contributed by atoms with Gasteiger partial charge in [-0.3, -0.25) is 0 Å². The van der Waals surface area contributed by atoms with E-state index in [0.29, 0.717) is 17.3 Å². The van der Waals surface area contributed by atoms with Crippen molar-refractivity contribution in [1.82, 2.24) is 15.0 Å². The van der Waals surface area contributed by atoms with E-state index >= 15 is 0 Å². The van der Waals surface area contributed by atoms with Crippen LogP contribution in [0.1, 0.15) is 17.7 Å². The number of hydrogen-bond donors (Lipinski definition) is 3. The standard InChI is InChI=1S/C17H18FN5O3/c1-10-7-11-13(23-10)3-4-14(15(11)18)26-17-12(16(19)20-9-21-17)8-22-25-6-2-5-24/h3-4,7-9,23-24H,2,5-6H2,1H3,(H2,19,20,21)/b22-8+. The van der Waals surface area contributed by atoms with Gasteiger partial charge in [0, 0.05) is 29.6 Å². The molecule has 0 atom stereocenters. The highest BCUT2D eigenvalue weighted by Crippen LogP contribution is 2.31. The lowest BCUT2D eigenvalue weighted by Gasteiger charge is -2.09. The molecule has 2 aromatic heterocycles. The number of aryl methyl sites for hydroxylation is 1. The second kappa shape index (κ2) is 7.79. The summed E-state index contributed by atoms with van der Waals surface area (Å²) in [5, 5.41) is 12.9. The summed E-state index contributed by atoms with van der Waals surface area (Å²) in [5.74, 6) is -0.336. The van der Waals surface area contributed by atoms with Crippen LogP contribution in [0.5, 0.6) is 11.6 Å². The molecule has 1 aromatic carbocycles. The van der Waals surface area contributed by atoms with Crippen molar-refractivity contribution in [2.75, 3.05) is 18.9 Å². The van der Waals surface area contributed by atoms with Crippen LogP contribution in [0.3, 0.4) is 0 Å². The first-order valence-electron chi connectivity index (χ1n) is 7.92. The third kappa shape index (κ3) is 3.72. The topological polar surface area (TPSA) is 119 Å².